The maximum Gasteiger partial charge on any atom is 0.411 e. The fourth-order valence-corrected chi connectivity index (χ4v) is 4.53. The van der Waals surface area contributed by atoms with Gasteiger partial charge in [0, 0.05) is 28.5 Å². The number of amides is 2. The summed E-state index contributed by atoms with van der Waals surface area (Å²) in [5.41, 5.74) is 3.14. The van der Waals surface area contributed by atoms with Crippen molar-refractivity contribution < 1.29 is 23.5 Å². The number of ether oxygens (including phenoxy) is 1. The van der Waals surface area contributed by atoms with E-state index in [0.717, 1.165) is 11.6 Å². The number of benzene rings is 3. The number of nitrogens with zero attached hydrogens (tertiary/aromatic N) is 2. The van der Waals surface area contributed by atoms with Gasteiger partial charge in [0.1, 0.15) is 5.82 Å². The highest BCUT2D eigenvalue weighted by Crippen LogP contribution is 2.30. The van der Waals surface area contributed by atoms with Crippen LogP contribution in [0.4, 0.5) is 14.9 Å². The van der Waals surface area contributed by atoms with Crippen LogP contribution in [0.3, 0.4) is 0 Å². The van der Waals surface area contributed by atoms with Crippen molar-refractivity contribution in [1.29, 1.82) is 0 Å². The highest BCUT2D eigenvalue weighted by Gasteiger charge is 2.20. The summed E-state index contributed by atoms with van der Waals surface area (Å²) >= 11 is 12.3. The second-order valence-electron chi connectivity index (χ2n) is 9.13. The number of anilines is 1. The summed E-state index contributed by atoms with van der Waals surface area (Å²) in [7, 11) is 1.27. The maximum absolute atomic E-state index is 14.7. The molecule has 0 aliphatic heterocycles. The third kappa shape index (κ3) is 7.57. The first kappa shape index (κ1) is 30.4. The van der Waals surface area contributed by atoms with Gasteiger partial charge in [0.15, 0.2) is 10.9 Å². The minimum absolute atomic E-state index is 0.0801. The second kappa shape index (κ2) is 13.8. The average Bonchev–Trinajstić information content (AvgIpc) is 2.98. The van der Waals surface area contributed by atoms with E-state index in [1.807, 2.05) is 30.3 Å². The quantitative estimate of drug-likeness (QED) is 0.155. The molecule has 0 spiro atoms. The monoisotopic (exact) mass is 606 g/mol. The largest absolute Gasteiger partial charge is 0.453 e. The number of halogens is 3. The van der Waals surface area contributed by atoms with Gasteiger partial charge < -0.3 is 10.1 Å². The zero-order valence-electron chi connectivity index (χ0n) is 22.5. The number of rotatable bonds is 9. The fourth-order valence-electron chi connectivity index (χ4n) is 4.16. The topological polar surface area (TPSA) is 110 Å². The average molecular weight is 607 g/mol. The van der Waals surface area contributed by atoms with E-state index >= 15 is 0 Å². The molecule has 1 atom stereocenters. The molecule has 42 heavy (non-hydrogen) atoms. The summed E-state index contributed by atoms with van der Waals surface area (Å²) < 4.78 is 19.3. The van der Waals surface area contributed by atoms with Crippen molar-refractivity contribution in [3.8, 4) is 11.1 Å². The normalized spacial score (nSPS) is 11.6. The smallest absolute Gasteiger partial charge is 0.411 e. The molecule has 0 saturated heterocycles. The van der Waals surface area contributed by atoms with Crippen molar-refractivity contribution >= 4 is 52.7 Å². The molecular weight excluding hydrogens is 582 g/mol. The highest BCUT2D eigenvalue weighted by atomic mass is 35.5. The second-order valence-corrected chi connectivity index (χ2v) is 9.90. The molecular formula is C31H25Cl2FN4O4. The van der Waals surface area contributed by atoms with Gasteiger partial charge in [-0.05, 0) is 60.9 Å². The number of methoxy groups -OCH3 is 1. The van der Waals surface area contributed by atoms with Gasteiger partial charge in [-0.1, -0.05) is 65.7 Å². The lowest BCUT2D eigenvalue weighted by atomic mass is 10.00. The van der Waals surface area contributed by atoms with Crippen molar-refractivity contribution in [2.75, 3.05) is 12.4 Å². The molecule has 0 fully saturated rings. The van der Waals surface area contributed by atoms with Crippen LogP contribution in [0.5, 0.6) is 0 Å². The number of aromatic nitrogens is 2. The zero-order valence-corrected chi connectivity index (χ0v) is 24.0. The van der Waals surface area contributed by atoms with E-state index in [-0.39, 0.29) is 27.1 Å². The summed E-state index contributed by atoms with van der Waals surface area (Å²) in [5.74, 6) is -1.72. The Labute approximate surface area is 251 Å². The number of Topliss-reactive ketones (excluding diaryl/α,β-unsaturated/α-hetero) is 1. The Kier molecular flexibility index (Phi) is 10.0. The van der Waals surface area contributed by atoms with E-state index in [2.05, 4.69) is 25.6 Å². The third-order valence-corrected chi connectivity index (χ3v) is 6.84. The van der Waals surface area contributed by atoms with Crippen molar-refractivity contribution in [2.24, 2.45) is 0 Å². The zero-order chi connectivity index (χ0) is 30.2. The van der Waals surface area contributed by atoms with Crippen LogP contribution in [0, 0.1) is 5.82 Å². The molecule has 0 aliphatic rings. The molecule has 4 rings (SSSR count). The summed E-state index contributed by atoms with van der Waals surface area (Å²) in [5, 5.41) is 13.8. The van der Waals surface area contributed by atoms with E-state index < -0.39 is 23.9 Å². The van der Waals surface area contributed by atoms with Gasteiger partial charge >= 0.3 is 6.09 Å². The molecule has 1 heterocycles. The molecule has 0 aliphatic carbocycles. The number of carbonyl (C=O) groups excluding carboxylic acids is 3. The molecule has 4 aromatic rings. The summed E-state index contributed by atoms with van der Waals surface area (Å²) in [6.07, 6.45) is 2.12. The highest BCUT2D eigenvalue weighted by molar-refractivity contribution is 6.32. The molecule has 1 aromatic heterocycles. The lowest BCUT2D eigenvalue weighted by Crippen LogP contribution is -2.29. The van der Waals surface area contributed by atoms with Gasteiger partial charge in [0.05, 0.1) is 23.9 Å². The minimum atomic E-state index is -0.796. The van der Waals surface area contributed by atoms with Gasteiger partial charge in [-0.25, -0.2) is 9.18 Å². The number of hydrogen-bond acceptors (Lipinski definition) is 6. The maximum atomic E-state index is 14.7. The van der Waals surface area contributed by atoms with Crippen LogP contribution in [0.2, 0.25) is 10.2 Å². The first-order valence-electron chi connectivity index (χ1n) is 12.7. The van der Waals surface area contributed by atoms with Crippen molar-refractivity contribution in [3.05, 3.63) is 117 Å². The Morgan fingerprint density at radius 3 is 2.38 bits per heavy atom. The first-order valence-corrected chi connectivity index (χ1v) is 13.4. The van der Waals surface area contributed by atoms with E-state index in [0.29, 0.717) is 28.9 Å². The third-order valence-electron chi connectivity index (χ3n) is 6.26. The molecule has 3 aromatic carbocycles. The standard InChI is InChI=1S/C31H25Cl2FN4O4/c1-18(39)22-12-14-25(32)29(34)23(22)13-15-28(40)36-26(16-19-6-4-3-5-7-19)27-17-24(30(33)38-37-27)20-8-10-21(11-9-20)35-31(41)42-2/h3-15,17,26H,16H2,1-2H3,(H,35,41)(H,36,40)/t26-/m0/s1. The predicted octanol–water partition coefficient (Wildman–Crippen LogP) is 7.08. The summed E-state index contributed by atoms with van der Waals surface area (Å²) in [4.78, 5) is 36.6. The van der Waals surface area contributed by atoms with Crippen molar-refractivity contribution in [3.63, 3.8) is 0 Å². The lowest BCUT2D eigenvalue weighted by Gasteiger charge is -2.18. The molecule has 0 unspecified atom stereocenters. The lowest BCUT2D eigenvalue weighted by molar-refractivity contribution is -0.117. The van der Waals surface area contributed by atoms with Crippen LogP contribution in [0.25, 0.3) is 17.2 Å². The molecule has 0 saturated carbocycles. The molecule has 214 valence electrons. The van der Waals surface area contributed by atoms with E-state index in [9.17, 15) is 18.8 Å². The Hall–Kier alpha value is -4.60. The SMILES string of the molecule is COC(=O)Nc1ccc(-c2cc([C@H](Cc3ccccc3)NC(=O)C=Cc3c(C(C)=O)ccc(Cl)c3F)nnc2Cl)cc1. The Morgan fingerprint density at radius 2 is 1.71 bits per heavy atom. The van der Waals surface area contributed by atoms with E-state index in [1.54, 1.807) is 30.3 Å². The van der Waals surface area contributed by atoms with Gasteiger partial charge in [0.25, 0.3) is 0 Å². The number of ketones is 1. The summed E-state index contributed by atoms with van der Waals surface area (Å²) in [6.45, 7) is 1.30. The molecule has 0 bridgehead atoms. The number of carbonyl (C=O) groups is 3. The number of nitrogens with one attached hydrogen (secondary N) is 2. The Balaban J connectivity index is 1.64. The summed E-state index contributed by atoms with van der Waals surface area (Å²) in [6, 6.07) is 20.1. The molecule has 11 heteroatoms. The van der Waals surface area contributed by atoms with Gasteiger partial charge in [-0.15, -0.1) is 5.10 Å². The van der Waals surface area contributed by atoms with Crippen LogP contribution in [-0.2, 0) is 16.0 Å². The van der Waals surface area contributed by atoms with Gasteiger partial charge in [0.2, 0.25) is 5.91 Å². The van der Waals surface area contributed by atoms with E-state index in [1.165, 1.54) is 32.2 Å². The fraction of sp³-hybridized carbons (Fsp3) is 0.129. The molecule has 0 radical (unpaired) electrons. The van der Waals surface area contributed by atoms with Crippen molar-refractivity contribution in [1.82, 2.24) is 15.5 Å². The molecule has 2 amide bonds. The van der Waals surface area contributed by atoms with Gasteiger partial charge in [-0.3, -0.25) is 14.9 Å². The number of hydrogen-bond donors (Lipinski definition) is 2. The van der Waals surface area contributed by atoms with Crippen LogP contribution in [0.1, 0.15) is 40.1 Å². The predicted molar refractivity (Wildman–Crippen MR) is 160 cm³/mol. The van der Waals surface area contributed by atoms with E-state index in [4.69, 9.17) is 23.2 Å². The van der Waals surface area contributed by atoms with Crippen LogP contribution in [0.15, 0.2) is 78.9 Å². The van der Waals surface area contributed by atoms with Gasteiger partial charge in [-0.2, -0.15) is 5.10 Å². The van der Waals surface area contributed by atoms with Crippen LogP contribution in [-0.4, -0.2) is 35.1 Å². The Morgan fingerprint density at radius 1 is 1.00 bits per heavy atom. The minimum Gasteiger partial charge on any atom is -0.453 e. The Bertz CT molecular complexity index is 1650. The van der Waals surface area contributed by atoms with Crippen LogP contribution >= 0.6 is 23.2 Å². The van der Waals surface area contributed by atoms with Crippen LogP contribution < -0.4 is 10.6 Å². The first-order chi connectivity index (χ1) is 20.2. The van der Waals surface area contributed by atoms with Crippen molar-refractivity contribution in [2.45, 2.75) is 19.4 Å². The molecule has 8 nitrogen and oxygen atoms in total. The molecule has 2 N–H and O–H groups in total.